The summed E-state index contributed by atoms with van der Waals surface area (Å²) in [7, 11) is 0. The number of unbranched alkanes of at least 4 members (excludes halogenated alkanes) is 1. The van der Waals surface area contributed by atoms with Crippen LogP contribution in [-0.2, 0) is 14.3 Å². The SMILES string of the molecule is C/C=C(\C1=CCCC=C1C)C1=C(/C(=C/C)c2ccccc2C)C(=O)NC1=O.CCCCC(CO)OCCC(C)CC. The molecule has 0 bridgehead atoms. The maximum atomic E-state index is 12.8. The van der Waals surface area contributed by atoms with Crippen LogP contribution in [0.15, 0.2) is 76.4 Å². The number of carbonyl (C=O) groups excluding carboxylic acids is 2. The van der Waals surface area contributed by atoms with E-state index in [1.807, 2.05) is 57.2 Å². The van der Waals surface area contributed by atoms with E-state index in [2.05, 4.69) is 45.2 Å². The smallest absolute Gasteiger partial charge is 0.259 e. The number of aliphatic hydroxyl groups excluding tert-OH is 1. The zero-order valence-electron chi connectivity index (χ0n) is 26.3. The van der Waals surface area contributed by atoms with Gasteiger partial charge in [-0.3, -0.25) is 14.9 Å². The maximum Gasteiger partial charge on any atom is 0.259 e. The summed E-state index contributed by atoms with van der Waals surface area (Å²) in [6.07, 6.45) is 15.9. The lowest BCUT2D eigenvalue weighted by Gasteiger charge is -2.18. The van der Waals surface area contributed by atoms with E-state index in [0.717, 1.165) is 78.0 Å². The molecule has 1 aliphatic heterocycles. The summed E-state index contributed by atoms with van der Waals surface area (Å²) in [6.45, 7) is 15.5. The molecule has 41 heavy (non-hydrogen) atoms. The van der Waals surface area contributed by atoms with Gasteiger partial charge in [0.15, 0.2) is 0 Å². The third-order valence-electron chi connectivity index (χ3n) is 7.91. The molecule has 2 unspecified atom stereocenters. The molecule has 1 aromatic rings. The summed E-state index contributed by atoms with van der Waals surface area (Å²) in [5, 5.41) is 11.6. The van der Waals surface area contributed by atoms with Crippen molar-refractivity contribution in [3.8, 4) is 0 Å². The molecule has 1 heterocycles. The van der Waals surface area contributed by atoms with E-state index in [1.54, 1.807) is 0 Å². The Morgan fingerprint density at radius 3 is 2.17 bits per heavy atom. The van der Waals surface area contributed by atoms with Gasteiger partial charge in [-0.25, -0.2) is 0 Å². The predicted octanol–water partition coefficient (Wildman–Crippen LogP) is 7.95. The van der Waals surface area contributed by atoms with Gasteiger partial charge in [0.1, 0.15) is 0 Å². The van der Waals surface area contributed by atoms with Crippen LogP contribution < -0.4 is 5.32 Å². The molecule has 0 saturated heterocycles. The Kier molecular flexibility index (Phi) is 14.8. The average Bonchev–Trinajstić information content (AvgIpc) is 3.26. The van der Waals surface area contributed by atoms with Gasteiger partial charge in [-0.1, -0.05) is 88.6 Å². The first-order valence-corrected chi connectivity index (χ1v) is 15.3. The molecule has 3 rings (SSSR count). The van der Waals surface area contributed by atoms with E-state index in [4.69, 9.17) is 9.84 Å². The van der Waals surface area contributed by atoms with Crippen molar-refractivity contribution < 1.29 is 19.4 Å². The molecule has 0 aromatic heterocycles. The standard InChI is InChI=1S/C24H25NO2.C12H26O2/c1-5-17(19-13-9-7-11-15(19)3)21-22(24(27)25-23(21)26)18(6-2)20-14-10-8-12-16(20)4;1-4-6-7-12(10-13)14-9-8-11(3)5-2/h5-7,9,11-14H,8,10H2,1-4H3,(H,25,26,27);11-13H,4-10H2,1-3H3/b17-5+,18-6+;. The minimum Gasteiger partial charge on any atom is -0.394 e. The zero-order chi connectivity index (χ0) is 30.4. The number of hydrogen-bond donors (Lipinski definition) is 2. The molecule has 2 amide bonds. The summed E-state index contributed by atoms with van der Waals surface area (Å²) in [5.74, 6) is 0.0829. The molecule has 224 valence electrons. The highest BCUT2D eigenvalue weighted by Gasteiger charge is 2.35. The number of imide groups is 1. The van der Waals surface area contributed by atoms with Crippen molar-refractivity contribution in [2.24, 2.45) is 5.92 Å². The number of ether oxygens (including phenoxy) is 1. The number of rotatable bonds is 13. The Bertz CT molecular complexity index is 1200. The van der Waals surface area contributed by atoms with Crippen LogP contribution in [0, 0.1) is 12.8 Å². The molecule has 0 radical (unpaired) electrons. The summed E-state index contributed by atoms with van der Waals surface area (Å²) in [4.78, 5) is 25.5. The van der Waals surface area contributed by atoms with Crippen LogP contribution in [0.3, 0.4) is 0 Å². The molecule has 0 saturated carbocycles. The molecular formula is C36H51NO4. The van der Waals surface area contributed by atoms with E-state index >= 15 is 0 Å². The summed E-state index contributed by atoms with van der Waals surface area (Å²) < 4.78 is 5.62. The van der Waals surface area contributed by atoms with Crippen LogP contribution in [0.4, 0.5) is 0 Å². The van der Waals surface area contributed by atoms with Crippen molar-refractivity contribution in [2.45, 2.75) is 99.5 Å². The highest BCUT2D eigenvalue weighted by atomic mass is 16.5. The predicted molar refractivity (Wildman–Crippen MR) is 170 cm³/mol. The monoisotopic (exact) mass is 561 g/mol. The number of amides is 2. The van der Waals surface area contributed by atoms with Crippen LogP contribution in [0.1, 0.15) is 97.6 Å². The lowest BCUT2D eigenvalue weighted by Crippen LogP contribution is -2.24. The first-order chi connectivity index (χ1) is 19.7. The highest BCUT2D eigenvalue weighted by molar-refractivity contribution is 6.28. The van der Waals surface area contributed by atoms with Gasteiger partial charge >= 0.3 is 0 Å². The van der Waals surface area contributed by atoms with Crippen LogP contribution in [0.25, 0.3) is 5.57 Å². The molecule has 0 spiro atoms. The van der Waals surface area contributed by atoms with Crippen molar-refractivity contribution in [3.63, 3.8) is 0 Å². The average molecular weight is 562 g/mol. The summed E-state index contributed by atoms with van der Waals surface area (Å²) >= 11 is 0. The molecule has 1 aromatic carbocycles. The second kappa shape index (κ2) is 17.7. The van der Waals surface area contributed by atoms with E-state index in [9.17, 15) is 9.59 Å². The normalized spacial score (nSPS) is 17.5. The van der Waals surface area contributed by atoms with E-state index < -0.39 is 0 Å². The minimum absolute atomic E-state index is 0.0685. The van der Waals surface area contributed by atoms with Gasteiger partial charge in [-0.15, -0.1) is 0 Å². The Hall–Kier alpha value is -3.02. The van der Waals surface area contributed by atoms with Crippen LogP contribution >= 0.6 is 0 Å². The Morgan fingerprint density at radius 2 is 1.61 bits per heavy atom. The second-order valence-corrected chi connectivity index (χ2v) is 11.0. The van der Waals surface area contributed by atoms with Crippen molar-refractivity contribution in [1.82, 2.24) is 5.32 Å². The number of nitrogens with one attached hydrogen (secondary N) is 1. The fraction of sp³-hybridized carbons (Fsp3) is 0.500. The first-order valence-electron chi connectivity index (χ1n) is 15.3. The van der Waals surface area contributed by atoms with Crippen molar-refractivity contribution in [3.05, 3.63) is 87.6 Å². The number of carbonyl (C=O) groups is 2. The number of allylic oxidation sites excluding steroid dienone is 6. The van der Waals surface area contributed by atoms with Gasteiger partial charge in [0, 0.05) is 6.61 Å². The molecule has 2 N–H and O–H groups in total. The van der Waals surface area contributed by atoms with Crippen molar-refractivity contribution in [2.75, 3.05) is 13.2 Å². The van der Waals surface area contributed by atoms with Gasteiger partial charge in [0.25, 0.3) is 11.8 Å². The third kappa shape index (κ3) is 9.51. The highest BCUT2D eigenvalue weighted by Crippen LogP contribution is 2.38. The van der Waals surface area contributed by atoms with Gasteiger partial charge < -0.3 is 9.84 Å². The minimum atomic E-state index is -0.330. The van der Waals surface area contributed by atoms with Gasteiger partial charge in [0.05, 0.1) is 23.9 Å². The van der Waals surface area contributed by atoms with Gasteiger partial charge in [-0.05, 0) is 92.7 Å². The molecular weight excluding hydrogens is 510 g/mol. The number of benzene rings is 1. The van der Waals surface area contributed by atoms with Crippen LogP contribution in [0.2, 0.25) is 0 Å². The lowest BCUT2D eigenvalue weighted by molar-refractivity contribution is -0.123. The Balaban J connectivity index is 0.000000357. The fourth-order valence-corrected chi connectivity index (χ4v) is 5.13. The molecule has 5 heteroatoms. The number of aliphatic hydroxyl groups is 1. The topological polar surface area (TPSA) is 75.6 Å². The number of aryl methyl sites for hydroxylation is 1. The molecule has 1 aliphatic carbocycles. The second-order valence-electron chi connectivity index (χ2n) is 11.0. The van der Waals surface area contributed by atoms with Gasteiger partial charge in [0.2, 0.25) is 0 Å². The zero-order valence-corrected chi connectivity index (χ0v) is 26.3. The molecule has 2 atom stereocenters. The Labute approximate surface area is 248 Å². The van der Waals surface area contributed by atoms with E-state index in [1.165, 1.54) is 12.8 Å². The molecule has 0 fully saturated rings. The van der Waals surface area contributed by atoms with E-state index in [-0.39, 0.29) is 24.5 Å². The van der Waals surface area contributed by atoms with Crippen molar-refractivity contribution >= 4 is 17.4 Å². The maximum absolute atomic E-state index is 12.8. The van der Waals surface area contributed by atoms with E-state index in [0.29, 0.717) is 11.1 Å². The first kappa shape index (κ1) is 34.2. The number of hydrogen-bond acceptors (Lipinski definition) is 4. The molecule has 2 aliphatic rings. The summed E-state index contributed by atoms with van der Waals surface area (Å²) in [5.41, 5.74) is 6.78. The van der Waals surface area contributed by atoms with Gasteiger partial charge in [-0.2, -0.15) is 0 Å². The van der Waals surface area contributed by atoms with Crippen molar-refractivity contribution in [1.29, 1.82) is 0 Å². The van der Waals surface area contributed by atoms with Crippen LogP contribution in [-0.4, -0.2) is 36.2 Å². The Morgan fingerprint density at radius 1 is 0.976 bits per heavy atom. The fourth-order valence-electron chi connectivity index (χ4n) is 5.13. The molecule has 5 nitrogen and oxygen atoms in total. The lowest BCUT2D eigenvalue weighted by atomic mass is 9.84. The summed E-state index contributed by atoms with van der Waals surface area (Å²) in [6, 6.07) is 7.93. The quantitative estimate of drug-likeness (QED) is 0.240. The third-order valence-corrected chi connectivity index (χ3v) is 7.91. The largest absolute Gasteiger partial charge is 0.394 e. The van der Waals surface area contributed by atoms with Crippen LogP contribution in [0.5, 0.6) is 0 Å².